The van der Waals surface area contributed by atoms with Gasteiger partial charge in [-0.3, -0.25) is 0 Å². The van der Waals surface area contributed by atoms with Gasteiger partial charge >= 0.3 is 5.97 Å². The van der Waals surface area contributed by atoms with Gasteiger partial charge in [-0.25, -0.2) is 9.78 Å². The minimum absolute atomic E-state index is 0.316. The number of esters is 1. The molecule has 148 valence electrons. The molecule has 5 heteroatoms. The summed E-state index contributed by atoms with van der Waals surface area (Å²) in [6.07, 6.45) is 1.96. The second-order valence-electron chi connectivity index (χ2n) is 6.98. The number of rotatable bonds is 4. The molecular formula is C25H20N2O3. The zero-order chi connectivity index (χ0) is 20.7. The van der Waals surface area contributed by atoms with Crippen molar-refractivity contribution in [2.45, 2.75) is 6.92 Å². The summed E-state index contributed by atoms with van der Waals surface area (Å²) in [6, 6.07) is 21.5. The molecule has 5 nitrogen and oxygen atoms in total. The Morgan fingerprint density at radius 2 is 1.87 bits per heavy atom. The normalized spacial score (nSPS) is 11.3. The van der Waals surface area contributed by atoms with Gasteiger partial charge in [-0.2, -0.15) is 0 Å². The number of carbonyl (C=O) groups excluding carboxylic acids is 1. The van der Waals surface area contributed by atoms with Crippen molar-refractivity contribution in [3.8, 4) is 17.0 Å². The second-order valence-corrected chi connectivity index (χ2v) is 6.98. The number of carbonyl (C=O) groups is 1. The van der Waals surface area contributed by atoms with E-state index in [2.05, 4.69) is 0 Å². The van der Waals surface area contributed by atoms with Crippen LogP contribution in [0.2, 0.25) is 0 Å². The molecule has 0 aliphatic heterocycles. The van der Waals surface area contributed by atoms with Crippen LogP contribution in [-0.2, 0) is 4.74 Å². The highest BCUT2D eigenvalue weighted by atomic mass is 16.5. The lowest BCUT2D eigenvalue weighted by atomic mass is 10.0. The van der Waals surface area contributed by atoms with Crippen LogP contribution < -0.4 is 4.74 Å². The van der Waals surface area contributed by atoms with Crippen molar-refractivity contribution >= 4 is 33.3 Å². The zero-order valence-electron chi connectivity index (χ0n) is 16.8. The fourth-order valence-electron chi connectivity index (χ4n) is 4.04. The van der Waals surface area contributed by atoms with E-state index >= 15 is 0 Å². The SMILES string of the molecule is CCOC(=O)c1c2c3ccccc3nc(-c3cccc(OC)c3)c2n2ccccc12. The number of hydrogen-bond acceptors (Lipinski definition) is 4. The Kier molecular flexibility index (Phi) is 4.36. The van der Waals surface area contributed by atoms with E-state index in [4.69, 9.17) is 14.5 Å². The fourth-order valence-corrected chi connectivity index (χ4v) is 4.04. The predicted octanol–water partition coefficient (Wildman–Crippen LogP) is 5.49. The number of aromatic nitrogens is 2. The van der Waals surface area contributed by atoms with Gasteiger partial charge in [0.1, 0.15) is 5.75 Å². The number of fused-ring (bicyclic) bond motifs is 5. The van der Waals surface area contributed by atoms with Crippen LogP contribution in [0.5, 0.6) is 5.75 Å². The molecule has 5 rings (SSSR count). The van der Waals surface area contributed by atoms with E-state index in [0.29, 0.717) is 12.2 Å². The number of hydrogen-bond donors (Lipinski definition) is 0. The lowest BCUT2D eigenvalue weighted by Gasteiger charge is -2.10. The molecule has 2 aromatic carbocycles. The van der Waals surface area contributed by atoms with Gasteiger partial charge in [0.05, 0.1) is 41.5 Å². The Hall–Kier alpha value is -3.86. The first-order chi connectivity index (χ1) is 14.7. The van der Waals surface area contributed by atoms with Crippen LogP contribution in [-0.4, -0.2) is 29.1 Å². The van der Waals surface area contributed by atoms with Gasteiger partial charge in [0.2, 0.25) is 0 Å². The third-order valence-electron chi connectivity index (χ3n) is 5.30. The highest BCUT2D eigenvalue weighted by Crippen LogP contribution is 2.38. The lowest BCUT2D eigenvalue weighted by Crippen LogP contribution is -2.04. The summed E-state index contributed by atoms with van der Waals surface area (Å²) >= 11 is 0. The summed E-state index contributed by atoms with van der Waals surface area (Å²) in [7, 11) is 1.65. The van der Waals surface area contributed by atoms with Gasteiger partial charge < -0.3 is 13.9 Å². The molecule has 0 amide bonds. The number of benzene rings is 2. The van der Waals surface area contributed by atoms with Crippen molar-refractivity contribution in [1.29, 1.82) is 0 Å². The smallest absolute Gasteiger partial charge is 0.340 e. The Bertz CT molecular complexity index is 1420. The van der Waals surface area contributed by atoms with Crippen LogP contribution in [0, 0.1) is 0 Å². The van der Waals surface area contributed by atoms with Gasteiger partial charge in [-0.1, -0.05) is 36.4 Å². The molecule has 0 aliphatic rings. The summed E-state index contributed by atoms with van der Waals surface area (Å²) in [5.41, 5.74) is 4.77. The molecule has 3 aromatic heterocycles. The molecule has 0 spiro atoms. The van der Waals surface area contributed by atoms with Gasteiger partial charge in [-0.15, -0.1) is 0 Å². The van der Waals surface area contributed by atoms with Gasteiger partial charge in [-0.05, 0) is 37.3 Å². The van der Waals surface area contributed by atoms with Gasteiger partial charge in [0.25, 0.3) is 0 Å². The van der Waals surface area contributed by atoms with Crippen LogP contribution >= 0.6 is 0 Å². The number of pyridine rings is 2. The molecular weight excluding hydrogens is 376 g/mol. The second kappa shape index (κ2) is 7.19. The molecule has 0 unspecified atom stereocenters. The van der Waals surface area contributed by atoms with Gasteiger partial charge in [0, 0.05) is 22.5 Å². The highest BCUT2D eigenvalue weighted by molar-refractivity contribution is 6.22. The van der Waals surface area contributed by atoms with Gasteiger partial charge in [0.15, 0.2) is 0 Å². The maximum atomic E-state index is 13.0. The summed E-state index contributed by atoms with van der Waals surface area (Å²) in [5, 5.41) is 1.77. The topological polar surface area (TPSA) is 52.8 Å². The maximum absolute atomic E-state index is 13.0. The molecule has 0 bridgehead atoms. The number of para-hydroxylation sites is 1. The highest BCUT2D eigenvalue weighted by Gasteiger charge is 2.24. The summed E-state index contributed by atoms with van der Waals surface area (Å²) in [4.78, 5) is 18.0. The molecule has 0 radical (unpaired) electrons. The summed E-state index contributed by atoms with van der Waals surface area (Å²) in [6.45, 7) is 2.13. The Balaban J connectivity index is 2.01. The molecule has 0 fully saturated rings. The summed E-state index contributed by atoms with van der Waals surface area (Å²) in [5.74, 6) is 0.422. The fraction of sp³-hybridized carbons (Fsp3) is 0.120. The Labute approximate surface area is 173 Å². The van der Waals surface area contributed by atoms with E-state index in [1.807, 2.05) is 84.3 Å². The van der Waals surface area contributed by atoms with Crippen molar-refractivity contribution in [2.24, 2.45) is 0 Å². The number of methoxy groups -OCH3 is 1. The minimum atomic E-state index is -0.329. The van der Waals surface area contributed by atoms with E-state index in [1.54, 1.807) is 7.11 Å². The third-order valence-corrected chi connectivity index (χ3v) is 5.30. The van der Waals surface area contributed by atoms with Crippen molar-refractivity contribution in [2.75, 3.05) is 13.7 Å². The third kappa shape index (κ3) is 2.70. The molecule has 0 aliphatic carbocycles. The molecule has 0 atom stereocenters. The molecule has 5 aromatic rings. The average molecular weight is 396 g/mol. The molecule has 0 saturated heterocycles. The molecule has 0 N–H and O–H groups in total. The predicted molar refractivity (Wildman–Crippen MR) is 118 cm³/mol. The standard InChI is InChI=1S/C25H20N2O3/c1-3-30-25(28)22-20-13-6-7-14-27(20)24-21(22)18-11-4-5-12-19(18)26-23(24)16-9-8-10-17(15-16)29-2/h4-15H,3H2,1-2H3. The minimum Gasteiger partial charge on any atom is -0.497 e. The van der Waals surface area contributed by atoms with E-state index in [9.17, 15) is 4.79 Å². The van der Waals surface area contributed by atoms with Crippen LogP contribution in [0.4, 0.5) is 0 Å². The van der Waals surface area contributed by atoms with Crippen LogP contribution in [0.1, 0.15) is 17.3 Å². The van der Waals surface area contributed by atoms with Crippen molar-refractivity contribution in [3.05, 3.63) is 78.5 Å². The number of ether oxygens (including phenoxy) is 2. The van der Waals surface area contributed by atoms with Crippen LogP contribution in [0.15, 0.2) is 72.9 Å². The first-order valence-corrected chi connectivity index (χ1v) is 9.86. The van der Waals surface area contributed by atoms with E-state index in [1.165, 1.54) is 0 Å². The summed E-state index contributed by atoms with van der Waals surface area (Å²) < 4.78 is 12.9. The first-order valence-electron chi connectivity index (χ1n) is 9.86. The monoisotopic (exact) mass is 396 g/mol. The average Bonchev–Trinajstić information content (AvgIpc) is 3.14. The van der Waals surface area contributed by atoms with Crippen LogP contribution in [0.25, 0.3) is 38.6 Å². The molecule has 0 saturated carbocycles. The Morgan fingerprint density at radius 3 is 2.70 bits per heavy atom. The van der Waals surface area contributed by atoms with E-state index < -0.39 is 0 Å². The van der Waals surface area contributed by atoms with Crippen molar-refractivity contribution in [1.82, 2.24) is 9.38 Å². The van der Waals surface area contributed by atoms with E-state index in [-0.39, 0.29) is 5.97 Å². The van der Waals surface area contributed by atoms with Crippen molar-refractivity contribution in [3.63, 3.8) is 0 Å². The Morgan fingerprint density at radius 1 is 1.03 bits per heavy atom. The zero-order valence-corrected chi connectivity index (χ0v) is 16.8. The number of nitrogens with zero attached hydrogens (tertiary/aromatic N) is 2. The van der Waals surface area contributed by atoms with Crippen LogP contribution in [0.3, 0.4) is 0 Å². The largest absolute Gasteiger partial charge is 0.497 e. The van der Waals surface area contributed by atoms with Crippen molar-refractivity contribution < 1.29 is 14.3 Å². The molecule has 30 heavy (non-hydrogen) atoms. The van der Waals surface area contributed by atoms with E-state index in [0.717, 1.165) is 44.3 Å². The quantitative estimate of drug-likeness (QED) is 0.377. The first kappa shape index (κ1) is 18.2. The lowest BCUT2D eigenvalue weighted by molar-refractivity contribution is 0.0531. The maximum Gasteiger partial charge on any atom is 0.340 e. The molecule has 3 heterocycles.